The lowest BCUT2D eigenvalue weighted by molar-refractivity contribution is -0.138. The Kier molecular flexibility index (Phi) is 10.7. The molecule has 1 fully saturated rings. The van der Waals surface area contributed by atoms with Crippen molar-refractivity contribution in [2.24, 2.45) is 5.73 Å². The van der Waals surface area contributed by atoms with E-state index in [2.05, 4.69) is 5.32 Å². The summed E-state index contributed by atoms with van der Waals surface area (Å²) < 4.78 is 5.01. The molecule has 1 heterocycles. The van der Waals surface area contributed by atoms with Crippen LogP contribution >= 0.6 is 24.0 Å². The number of rotatable bonds is 3. The monoisotopic (exact) mass is 380 g/mol. The summed E-state index contributed by atoms with van der Waals surface area (Å²) in [6.07, 6.45) is 0.385. The molecule has 19 heavy (non-hydrogen) atoms. The fourth-order valence-corrected chi connectivity index (χ4v) is 1.47. The molecular weight excluding hydrogens is 359 g/mol. The Bertz CT molecular complexity index is 333. The van der Waals surface area contributed by atoms with Crippen molar-refractivity contribution in [3.63, 3.8) is 0 Å². The van der Waals surface area contributed by atoms with Gasteiger partial charge in [-0.15, -0.1) is 24.0 Å². The number of hydrogen-bond donors (Lipinski definition) is 3. The van der Waals surface area contributed by atoms with E-state index in [0.717, 1.165) is 31.9 Å². The average Bonchev–Trinajstić information content (AvgIpc) is 2.42. The summed E-state index contributed by atoms with van der Waals surface area (Å²) >= 11 is 0. The molecule has 1 aromatic carbocycles. The van der Waals surface area contributed by atoms with Gasteiger partial charge in [0.2, 0.25) is 0 Å². The van der Waals surface area contributed by atoms with E-state index in [-0.39, 0.29) is 24.0 Å². The van der Waals surface area contributed by atoms with Crippen LogP contribution < -0.4 is 11.1 Å². The number of halogens is 1. The third-order valence-electron chi connectivity index (χ3n) is 2.46. The van der Waals surface area contributed by atoms with E-state index in [1.54, 1.807) is 0 Å². The van der Waals surface area contributed by atoms with Gasteiger partial charge in [0.15, 0.2) is 0 Å². The summed E-state index contributed by atoms with van der Waals surface area (Å²) in [6, 6.07) is 8.54. The first-order chi connectivity index (χ1) is 8.70. The lowest BCUT2D eigenvalue weighted by Gasteiger charge is -2.10. The molecule has 0 unspecified atom stereocenters. The highest BCUT2D eigenvalue weighted by atomic mass is 127. The number of carbonyl (C=O) groups is 1. The molecule has 0 radical (unpaired) electrons. The molecule has 0 bridgehead atoms. The zero-order chi connectivity index (χ0) is 13.2. The van der Waals surface area contributed by atoms with Gasteiger partial charge in [0.05, 0.1) is 13.2 Å². The van der Waals surface area contributed by atoms with Gasteiger partial charge in [-0.1, -0.05) is 30.3 Å². The Morgan fingerprint density at radius 2 is 1.89 bits per heavy atom. The Morgan fingerprint density at radius 1 is 1.32 bits per heavy atom. The van der Waals surface area contributed by atoms with Gasteiger partial charge in [0.25, 0.3) is 0 Å². The van der Waals surface area contributed by atoms with Crippen molar-refractivity contribution in [2.45, 2.75) is 12.5 Å². The summed E-state index contributed by atoms with van der Waals surface area (Å²) in [4.78, 5) is 10.4. The van der Waals surface area contributed by atoms with E-state index in [1.807, 2.05) is 30.3 Å². The topological polar surface area (TPSA) is 84.6 Å². The molecule has 5 nitrogen and oxygen atoms in total. The molecule has 0 aromatic heterocycles. The van der Waals surface area contributed by atoms with Crippen LogP contribution in [0.2, 0.25) is 0 Å². The van der Waals surface area contributed by atoms with Crippen molar-refractivity contribution in [3.8, 4) is 0 Å². The molecule has 0 spiro atoms. The van der Waals surface area contributed by atoms with E-state index >= 15 is 0 Å². The summed E-state index contributed by atoms with van der Waals surface area (Å²) in [5.41, 5.74) is 6.30. The number of nitrogens with two attached hydrogens (primary N) is 1. The fraction of sp³-hybridized carbons (Fsp3) is 0.462. The smallest absolute Gasteiger partial charge is 0.320 e. The third-order valence-corrected chi connectivity index (χ3v) is 2.46. The van der Waals surface area contributed by atoms with Crippen LogP contribution in [-0.2, 0) is 16.0 Å². The maximum absolute atomic E-state index is 10.4. The maximum Gasteiger partial charge on any atom is 0.320 e. The molecule has 1 atom stereocenters. The minimum absolute atomic E-state index is 0. The molecule has 6 heteroatoms. The van der Waals surface area contributed by atoms with Gasteiger partial charge < -0.3 is 20.9 Å². The molecule has 1 aliphatic heterocycles. The number of morpholine rings is 1. The Labute approximate surface area is 130 Å². The minimum atomic E-state index is -0.959. The summed E-state index contributed by atoms with van der Waals surface area (Å²) in [5, 5.41) is 11.7. The van der Waals surface area contributed by atoms with Crippen LogP contribution in [0.4, 0.5) is 0 Å². The second-order valence-electron chi connectivity index (χ2n) is 4.00. The van der Waals surface area contributed by atoms with Crippen LogP contribution in [0.5, 0.6) is 0 Å². The van der Waals surface area contributed by atoms with E-state index in [4.69, 9.17) is 15.6 Å². The van der Waals surface area contributed by atoms with Crippen LogP contribution in [0.25, 0.3) is 0 Å². The summed E-state index contributed by atoms with van der Waals surface area (Å²) in [7, 11) is 0. The first kappa shape index (κ1) is 18.3. The maximum atomic E-state index is 10.4. The van der Waals surface area contributed by atoms with Gasteiger partial charge >= 0.3 is 5.97 Å². The van der Waals surface area contributed by atoms with Crippen LogP contribution in [0.3, 0.4) is 0 Å². The zero-order valence-corrected chi connectivity index (χ0v) is 13.1. The van der Waals surface area contributed by atoms with Crippen molar-refractivity contribution < 1.29 is 14.6 Å². The highest BCUT2D eigenvalue weighted by molar-refractivity contribution is 14.0. The number of ether oxygens (including phenoxy) is 1. The van der Waals surface area contributed by atoms with Crippen LogP contribution in [0, 0.1) is 0 Å². The molecule has 108 valence electrons. The van der Waals surface area contributed by atoms with Crippen molar-refractivity contribution >= 4 is 29.9 Å². The molecule has 0 aliphatic carbocycles. The molecule has 2 rings (SSSR count). The molecule has 1 aliphatic rings. The quantitative estimate of drug-likeness (QED) is 0.678. The average molecular weight is 380 g/mol. The van der Waals surface area contributed by atoms with Gasteiger partial charge in [-0.2, -0.15) is 0 Å². The van der Waals surface area contributed by atoms with Crippen molar-refractivity contribution in [1.29, 1.82) is 0 Å². The fourth-order valence-electron chi connectivity index (χ4n) is 1.47. The van der Waals surface area contributed by atoms with E-state index in [1.165, 1.54) is 0 Å². The highest BCUT2D eigenvalue weighted by Gasteiger charge is 2.10. The van der Waals surface area contributed by atoms with Crippen molar-refractivity contribution in [2.75, 3.05) is 26.3 Å². The second-order valence-corrected chi connectivity index (χ2v) is 4.00. The van der Waals surface area contributed by atoms with E-state index in [9.17, 15) is 4.79 Å². The van der Waals surface area contributed by atoms with Gasteiger partial charge in [-0.05, 0) is 12.0 Å². The molecule has 0 saturated carbocycles. The lowest BCUT2D eigenvalue weighted by atomic mass is 10.1. The molecule has 1 aromatic rings. The number of aliphatic carboxylic acids is 1. The van der Waals surface area contributed by atoms with Gasteiger partial charge in [-0.25, -0.2) is 0 Å². The van der Waals surface area contributed by atoms with Crippen molar-refractivity contribution in [3.05, 3.63) is 35.9 Å². The number of hydrogen-bond acceptors (Lipinski definition) is 4. The predicted octanol–water partition coefficient (Wildman–Crippen LogP) is 0.865. The first-order valence-electron chi connectivity index (χ1n) is 6.01. The first-order valence-corrected chi connectivity index (χ1v) is 6.01. The molecular formula is C13H21IN2O3. The summed E-state index contributed by atoms with van der Waals surface area (Å²) in [6.45, 7) is 3.83. The highest BCUT2D eigenvalue weighted by Crippen LogP contribution is 2.01. The summed E-state index contributed by atoms with van der Waals surface area (Å²) in [5.74, 6) is -0.959. The number of nitrogens with one attached hydrogen (secondary N) is 1. The lowest BCUT2D eigenvalue weighted by Crippen LogP contribution is -2.32. The Balaban J connectivity index is 0.000000392. The number of benzene rings is 1. The van der Waals surface area contributed by atoms with Crippen LogP contribution in [-0.4, -0.2) is 43.4 Å². The standard InChI is InChI=1S/C9H11NO2.C4H9NO.HI/c10-8(9(11)12)6-7-4-2-1-3-5-7;1-3-6-4-2-5-1;/h1-5,8H,6,10H2,(H,11,12);5H,1-4H2;1H/t8-;;/m0../s1. The SMILES string of the molecule is C1COCCN1.I.N[C@@H](Cc1ccccc1)C(=O)O. The second kappa shape index (κ2) is 11.2. The normalized spacial score (nSPS) is 15.4. The van der Waals surface area contributed by atoms with Crippen LogP contribution in [0.15, 0.2) is 30.3 Å². The Hall–Kier alpha value is -0.700. The molecule has 0 amide bonds. The van der Waals surface area contributed by atoms with Gasteiger partial charge in [0, 0.05) is 13.1 Å². The van der Waals surface area contributed by atoms with Crippen LogP contribution in [0.1, 0.15) is 5.56 Å². The largest absolute Gasteiger partial charge is 0.480 e. The van der Waals surface area contributed by atoms with E-state index in [0.29, 0.717) is 6.42 Å². The van der Waals surface area contributed by atoms with Gasteiger partial charge in [0.1, 0.15) is 6.04 Å². The molecule has 1 saturated heterocycles. The number of carboxylic acids is 1. The third kappa shape index (κ3) is 8.93. The zero-order valence-electron chi connectivity index (χ0n) is 10.7. The van der Waals surface area contributed by atoms with E-state index < -0.39 is 12.0 Å². The van der Waals surface area contributed by atoms with Crippen molar-refractivity contribution in [1.82, 2.24) is 5.32 Å². The Morgan fingerprint density at radius 3 is 2.26 bits per heavy atom. The minimum Gasteiger partial charge on any atom is -0.480 e. The number of carboxylic acid groups (broad SMARTS) is 1. The van der Waals surface area contributed by atoms with Gasteiger partial charge in [-0.3, -0.25) is 4.79 Å². The predicted molar refractivity (Wildman–Crippen MR) is 84.9 cm³/mol. The molecule has 4 N–H and O–H groups in total.